The van der Waals surface area contributed by atoms with E-state index in [0.717, 1.165) is 12.2 Å². The van der Waals surface area contributed by atoms with Crippen molar-refractivity contribution in [3.05, 3.63) is 42.0 Å². The normalized spacial score (nSPS) is 11.3. The summed E-state index contributed by atoms with van der Waals surface area (Å²) in [6, 6.07) is 4.20. The highest BCUT2D eigenvalue weighted by Gasteiger charge is 2.19. The smallest absolute Gasteiger partial charge is 0.254 e. The summed E-state index contributed by atoms with van der Waals surface area (Å²) in [6.07, 6.45) is 5.07. The zero-order valence-corrected chi connectivity index (χ0v) is 16.0. The molecular formula is C17H24N4O4S. The number of carbonyl (C=O) groups is 1. The number of nitrogens with one attached hydrogen (secondary N) is 2. The lowest BCUT2D eigenvalue weighted by atomic mass is 10.2. The van der Waals surface area contributed by atoms with E-state index in [4.69, 9.17) is 4.74 Å². The van der Waals surface area contributed by atoms with Gasteiger partial charge in [-0.3, -0.25) is 4.79 Å². The Kier molecular flexibility index (Phi) is 6.76. The van der Waals surface area contributed by atoms with Crippen molar-refractivity contribution in [2.24, 2.45) is 0 Å². The first-order chi connectivity index (χ1) is 12.4. The Balaban J connectivity index is 2.04. The van der Waals surface area contributed by atoms with Crippen LogP contribution in [0.15, 0.2) is 35.5 Å². The zero-order valence-electron chi connectivity index (χ0n) is 15.2. The third-order valence-corrected chi connectivity index (χ3v) is 5.40. The van der Waals surface area contributed by atoms with Gasteiger partial charge in [-0.05, 0) is 24.6 Å². The van der Waals surface area contributed by atoms with Crippen LogP contribution >= 0.6 is 0 Å². The monoisotopic (exact) mass is 380 g/mol. The molecule has 26 heavy (non-hydrogen) atoms. The van der Waals surface area contributed by atoms with Crippen molar-refractivity contribution in [3.8, 4) is 5.75 Å². The predicted octanol–water partition coefficient (Wildman–Crippen LogP) is 1.18. The average Bonchev–Trinajstić information content (AvgIpc) is 3.11. The molecule has 8 nitrogen and oxygen atoms in total. The second-order valence-electron chi connectivity index (χ2n) is 5.58. The molecule has 0 fully saturated rings. The van der Waals surface area contributed by atoms with Gasteiger partial charge in [0.05, 0.1) is 17.6 Å². The SMILES string of the molecule is CCc1nccn1CCCNS(=O)(=O)c1ccc(OC)c(C(=O)NC)c1. The van der Waals surface area contributed by atoms with Crippen LogP contribution in [0.25, 0.3) is 0 Å². The number of ether oxygens (including phenoxy) is 1. The maximum Gasteiger partial charge on any atom is 0.254 e. The molecule has 1 heterocycles. The highest BCUT2D eigenvalue weighted by Crippen LogP contribution is 2.22. The van der Waals surface area contributed by atoms with Gasteiger partial charge >= 0.3 is 0 Å². The summed E-state index contributed by atoms with van der Waals surface area (Å²) in [4.78, 5) is 16.2. The van der Waals surface area contributed by atoms with Crippen LogP contribution in [-0.2, 0) is 23.0 Å². The number of hydrogen-bond donors (Lipinski definition) is 2. The average molecular weight is 380 g/mol. The standard InChI is InChI=1S/C17H24N4O4S/c1-4-16-19-9-11-21(16)10-5-8-20-26(23,24)13-6-7-15(25-3)14(12-13)17(22)18-2/h6-7,9,11-12,20H,4-5,8,10H2,1-3H3,(H,18,22). The van der Waals surface area contributed by atoms with Gasteiger partial charge in [-0.1, -0.05) is 6.92 Å². The molecule has 142 valence electrons. The summed E-state index contributed by atoms with van der Waals surface area (Å²) in [5.74, 6) is 0.875. The molecule has 0 atom stereocenters. The Labute approximate surface area is 153 Å². The van der Waals surface area contributed by atoms with Gasteiger partial charge in [0.15, 0.2) is 0 Å². The Morgan fingerprint density at radius 2 is 2.12 bits per heavy atom. The van der Waals surface area contributed by atoms with Crippen molar-refractivity contribution >= 4 is 15.9 Å². The molecule has 0 unspecified atom stereocenters. The molecule has 0 aliphatic rings. The minimum atomic E-state index is -3.72. The predicted molar refractivity (Wildman–Crippen MR) is 97.8 cm³/mol. The summed E-state index contributed by atoms with van der Waals surface area (Å²) < 4.78 is 34.6. The third-order valence-electron chi connectivity index (χ3n) is 3.94. The minimum absolute atomic E-state index is 0.0220. The third kappa shape index (κ3) is 4.61. The van der Waals surface area contributed by atoms with E-state index in [1.54, 1.807) is 6.20 Å². The summed E-state index contributed by atoms with van der Waals surface area (Å²) in [5, 5.41) is 2.47. The van der Waals surface area contributed by atoms with Crippen molar-refractivity contribution in [1.82, 2.24) is 19.6 Å². The van der Waals surface area contributed by atoms with E-state index < -0.39 is 15.9 Å². The van der Waals surface area contributed by atoms with Gasteiger partial charge in [0.25, 0.3) is 5.91 Å². The van der Waals surface area contributed by atoms with Crippen molar-refractivity contribution in [2.75, 3.05) is 20.7 Å². The maximum atomic E-state index is 12.5. The van der Waals surface area contributed by atoms with Crippen molar-refractivity contribution in [3.63, 3.8) is 0 Å². The lowest BCUT2D eigenvalue weighted by Crippen LogP contribution is -2.26. The molecule has 0 aliphatic carbocycles. The minimum Gasteiger partial charge on any atom is -0.496 e. The zero-order chi connectivity index (χ0) is 19.2. The van der Waals surface area contributed by atoms with E-state index >= 15 is 0 Å². The molecule has 2 aromatic rings. The Morgan fingerprint density at radius 1 is 1.35 bits per heavy atom. The van der Waals surface area contributed by atoms with E-state index in [1.165, 1.54) is 32.4 Å². The fourth-order valence-electron chi connectivity index (χ4n) is 2.56. The van der Waals surface area contributed by atoms with Gasteiger partial charge < -0.3 is 14.6 Å². The number of benzene rings is 1. The lowest BCUT2D eigenvalue weighted by Gasteiger charge is -2.11. The number of nitrogens with zero attached hydrogens (tertiary/aromatic N) is 2. The topological polar surface area (TPSA) is 102 Å². The van der Waals surface area contributed by atoms with E-state index in [9.17, 15) is 13.2 Å². The molecule has 0 saturated heterocycles. The highest BCUT2D eigenvalue weighted by atomic mass is 32.2. The molecule has 0 spiro atoms. The van der Waals surface area contributed by atoms with E-state index in [-0.39, 0.29) is 17.0 Å². The Morgan fingerprint density at radius 3 is 2.77 bits per heavy atom. The van der Waals surface area contributed by atoms with Crippen LogP contribution in [0, 0.1) is 0 Å². The lowest BCUT2D eigenvalue weighted by molar-refractivity contribution is 0.0960. The van der Waals surface area contributed by atoms with Crippen LogP contribution in [0.2, 0.25) is 0 Å². The van der Waals surface area contributed by atoms with Crippen LogP contribution in [0.4, 0.5) is 0 Å². The summed E-state index contributed by atoms with van der Waals surface area (Å²) in [6.45, 7) is 2.98. The number of rotatable bonds is 9. The number of carbonyl (C=O) groups excluding carboxylic acids is 1. The molecule has 2 rings (SSSR count). The van der Waals surface area contributed by atoms with Gasteiger partial charge in [0.1, 0.15) is 11.6 Å². The first-order valence-corrected chi connectivity index (χ1v) is 9.81. The molecule has 0 radical (unpaired) electrons. The number of imidazole rings is 1. The van der Waals surface area contributed by atoms with Gasteiger partial charge in [0, 0.05) is 39.0 Å². The van der Waals surface area contributed by atoms with E-state index in [1.807, 2.05) is 17.7 Å². The number of aromatic nitrogens is 2. The van der Waals surface area contributed by atoms with Gasteiger partial charge in [0.2, 0.25) is 10.0 Å². The summed E-state index contributed by atoms with van der Waals surface area (Å²) >= 11 is 0. The molecule has 2 N–H and O–H groups in total. The molecule has 0 bridgehead atoms. The number of aryl methyl sites for hydroxylation is 2. The fourth-order valence-corrected chi connectivity index (χ4v) is 3.66. The number of hydrogen-bond acceptors (Lipinski definition) is 5. The fraction of sp³-hybridized carbons (Fsp3) is 0.412. The van der Waals surface area contributed by atoms with Crippen LogP contribution < -0.4 is 14.8 Å². The van der Waals surface area contributed by atoms with Crippen molar-refractivity contribution in [1.29, 1.82) is 0 Å². The first kappa shape index (κ1) is 19.9. The van der Waals surface area contributed by atoms with Crippen LogP contribution in [-0.4, -0.2) is 44.6 Å². The maximum absolute atomic E-state index is 12.5. The Hall–Kier alpha value is -2.39. The number of amides is 1. The molecule has 1 aromatic heterocycles. The second kappa shape index (κ2) is 8.81. The number of sulfonamides is 1. The molecular weight excluding hydrogens is 356 g/mol. The molecule has 1 amide bonds. The molecule has 0 aliphatic heterocycles. The summed E-state index contributed by atoms with van der Waals surface area (Å²) in [5.41, 5.74) is 0.170. The summed E-state index contributed by atoms with van der Waals surface area (Å²) in [7, 11) is -0.817. The highest BCUT2D eigenvalue weighted by molar-refractivity contribution is 7.89. The van der Waals surface area contributed by atoms with Crippen LogP contribution in [0.1, 0.15) is 29.5 Å². The van der Waals surface area contributed by atoms with Crippen LogP contribution in [0.3, 0.4) is 0 Å². The van der Waals surface area contributed by atoms with Gasteiger partial charge in [-0.25, -0.2) is 18.1 Å². The first-order valence-electron chi connectivity index (χ1n) is 8.32. The molecule has 1 aromatic carbocycles. The largest absolute Gasteiger partial charge is 0.496 e. The molecule has 9 heteroatoms. The quantitative estimate of drug-likeness (QED) is 0.636. The van der Waals surface area contributed by atoms with Crippen molar-refractivity contribution in [2.45, 2.75) is 31.2 Å². The molecule has 0 saturated carbocycles. The number of methoxy groups -OCH3 is 1. The van der Waals surface area contributed by atoms with Gasteiger partial charge in [-0.15, -0.1) is 0 Å². The van der Waals surface area contributed by atoms with Crippen molar-refractivity contribution < 1.29 is 17.9 Å². The van der Waals surface area contributed by atoms with E-state index in [0.29, 0.717) is 18.7 Å². The Bertz CT molecular complexity index is 861. The van der Waals surface area contributed by atoms with E-state index in [2.05, 4.69) is 15.0 Å². The van der Waals surface area contributed by atoms with Gasteiger partial charge in [-0.2, -0.15) is 0 Å². The van der Waals surface area contributed by atoms with Crippen LogP contribution in [0.5, 0.6) is 5.75 Å². The second-order valence-corrected chi connectivity index (χ2v) is 7.35.